The number of aryl methyl sites for hydroxylation is 1. The lowest BCUT2D eigenvalue weighted by Gasteiger charge is -2.40. The largest absolute Gasteiger partial charge is 0.496 e. The fourth-order valence-electron chi connectivity index (χ4n) is 4.26. The quantitative estimate of drug-likeness (QED) is 0.836. The van der Waals surface area contributed by atoms with Crippen LogP contribution in [0.3, 0.4) is 0 Å². The summed E-state index contributed by atoms with van der Waals surface area (Å²) in [5.74, 6) is 1.36. The van der Waals surface area contributed by atoms with Crippen LogP contribution < -0.4 is 4.74 Å². The van der Waals surface area contributed by atoms with E-state index in [-0.39, 0.29) is 11.8 Å². The molecule has 0 radical (unpaired) electrons. The minimum absolute atomic E-state index is 0.124. The molecule has 2 saturated heterocycles. The van der Waals surface area contributed by atoms with Crippen LogP contribution in [-0.2, 0) is 11.8 Å². The second-order valence-electron chi connectivity index (χ2n) is 7.88. The first kappa shape index (κ1) is 19.3. The van der Waals surface area contributed by atoms with Crippen molar-refractivity contribution in [2.45, 2.75) is 18.8 Å². The van der Waals surface area contributed by atoms with Crippen molar-refractivity contribution in [3.8, 4) is 17.0 Å². The number of carbonyl (C=O) groups is 2. The standard InChI is InChI=1S/C21H26N4O4/c1-23-18(5-7-22-23)17-10-15(3-4-19(17)29-2)16-12-25(13-16)20(26)9-14-6-8-24(11-14)21(27)28/h3-5,7,10,14,16H,6,8-9,11-13H2,1-2H3,(H,27,28)/t14-/m0/s1. The summed E-state index contributed by atoms with van der Waals surface area (Å²) in [6.07, 6.45) is 2.06. The van der Waals surface area contributed by atoms with Gasteiger partial charge in [-0.2, -0.15) is 5.10 Å². The smallest absolute Gasteiger partial charge is 0.407 e. The van der Waals surface area contributed by atoms with Crippen molar-refractivity contribution in [2.24, 2.45) is 13.0 Å². The molecule has 0 unspecified atom stereocenters. The number of amides is 2. The highest BCUT2D eigenvalue weighted by Gasteiger charge is 2.35. The Morgan fingerprint density at radius 1 is 1.21 bits per heavy atom. The van der Waals surface area contributed by atoms with E-state index in [1.165, 1.54) is 10.5 Å². The number of carbonyl (C=O) groups excluding carboxylic acids is 1. The molecule has 2 aliphatic rings. The average molecular weight is 398 g/mol. The maximum Gasteiger partial charge on any atom is 0.407 e. The molecule has 3 heterocycles. The third-order valence-electron chi connectivity index (χ3n) is 6.05. The summed E-state index contributed by atoms with van der Waals surface area (Å²) in [6, 6.07) is 8.12. The molecule has 2 aliphatic heterocycles. The van der Waals surface area contributed by atoms with Gasteiger partial charge >= 0.3 is 6.09 Å². The van der Waals surface area contributed by atoms with Crippen LogP contribution in [0.15, 0.2) is 30.5 Å². The molecule has 4 rings (SSSR count). The molecule has 29 heavy (non-hydrogen) atoms. The van der Waals surface area contributed by atoms with E-state index in [0.29, 0.717) is 38.5 Å². The van der Waals surface area contributed by atoms with Crippen molar-refractivity contribution in [2.75, 3.05) is 33.3 Å². The van der Waals surface area contributed by atoms with Crippen LogP contribution >= 0.6 is 0 Å². The molecule has 1 N–H and O–H groups in total. The number of carboxylic acid groups (broad SMARTS) is 1. The summed E-state index contributed by atoms with van der Waals surface area (Å²) in [5.41, 5.74) is 3.17. The molecule has 0 bridgehead atoms. The summed E-state index contributed by atoms with van der Waals surface area (Å²) >= 11 is 0. The predicted molar refractivity (Wildman–Crippen MR) is 107 cm³/mol. The topological polar surface area (TPSA) is 87.9 Å². The number of hydrogen-bond donors (Lipinski definition) is 1. The van der Waals surface area contributed by atoms with E-state index in [9.17, 15) is 9.59 Å². The van der Waals surface area contributed by atoms with E-state index in [2.05, 4.69) is 17.2 Å². The Morgan fingerprint density at radius 2 is 2.00 bits per heavy atom. The Hall–Kier alpha value is -3.03. The molecule has 2 fully saturated rings. The van der Waals surface area contributed by atoms with Crippen molar-refractivity contribution in [1.82, 2.24) is 19.6 Å². The molecular formula is C21H26N4O4. The number of rotatable bonds is 5. The van der Waals surface area contributed by atoms with Crippen molar-refractivity contribution >= 4 is 12.0 Å². The van der Waals surface area contributed by atoms with Gasteiger partial charge < -0.3 is 19.6 Å². The number of nitrogens with zero attached hydrogens (tertiary/aromatic N) is 4. The van der Waals surface area contributed by atoms with Crippen molar-refractivity contribution in [3.05, 3.63) is 36.0 Å². The van der Waals surface area contributed by atoms with Crippen molar-refractivity contribution < 1.29 is 19.4 Å². The Bertz CT molecular complexity index is 919. The highest BCUT2D eigenvalue weighted by atomic mass is 16.5. The first-order valence-corrected chi connectivity index (χ1v) is 9.88. The Labute approximate surface area is 169 Å². The molecule has 154 valence electrons. The van der Waals surface area contributed by atoms with Gasteiger partial charge in [0, 0.05) is 57.3 Å². The highest BCUT2D eigenvalue weighted by molar-refractivity contribution is 5.78. The third kappa shape index (κ3) is 3.79. The number of ether oxygens (including phenoxy) is 1. The zero-order valence-electron chi connectivity index (χ0n) is 16.7. The minimum Gasteiger partial charge on any atom is -0.496 e. The van der Waals surface area contributed by atoms with Crippen molar-refractivity contribution in [3.63, 3.8) is 0 Å². The van der Waals surface area contributed by atoms with Gasteiger partial charge in [-0.1, -0.05) is 6.07 Å². The average Bonchev–Trinajstić information content (AvgIpc) is 3.29. The van der Waals surface area contributed by atoms with Gasteiger partial charge in [-0.15, -0.1) is 0 Å². The highest BCUT2D eigenvalue weighted by Crippen LogP contribution is 2.36. The monoisotopic (exact) mass is 398 g/mol. The second kappa shape index (κ2) is 7.77. The molecule has 8 heteroatoms. The molecule has 1 aromatic carbocycles. The van der Waals surface area contributed by atoms with Gasteiger partial charge in [-0.25, -0.2) is 4.79 Å². The minimum atomic E-state index is -0.896. The zero-order valence-corrected chi connectivity index (χ0v) is 16.7. The van der Waals surface area contributed by atoms with Gasteiger partial charge in [0.05, 0.1) is 12.8 Å². The van der Waals surface area contributed by atoms with Crippen LogP contribution in [0.2, 0.25) is 0 Å². The molecule has 0 spiro atoms. The lowest BCUT2D eigenvalue weighted by atomic mass is 9.89. The summed E-state index contributed by atoms with van der Waals surface area (Å²) < 4.78 is 7.34. The molecule has 1 atom stereocenters. The fraction of sp³-hybridized carbons (Fsp3) is 0.476. The molecule has 2 aromatic rings. The summed E-state index contributed by atoms with van der Waals surface area (Å²) in [6.45, 7) is 2.39. The van der Waals surface area contributed by atoms with Gasteiger partial charge in [0.2, 0.25) is 5.91 Å². The van der Waals surface area contributed by atoms with Gasteiger partial charge in [0.1, 0.15) is 5.75 Å². The lowest BCUT2D eigenvalue weighted by molar-refractivity contribution is -0.136. The van der Waals surface area contributed by atoms with E-state index in [1.807, 2.05) is 28.8 Å². The summed E-state index contributed by atoms with van der Waals surface area (Å²) in [7, 11) is 3.56. The normalized spacial score (nSPS) is 19.3. The van der Waals surface area contributed by atoms with E-state index < -0.39 is 6.09 Å². The predicted octanol–water partition coefficient (Wildman–Crippen LogP) is 2.41. The summed E-state index contributed by atoms with van der Waals surface area (Å²) in [5, 5.41) is 13.3. The van der Waals surface area contributed by atoms with Gasteiger partial charge in [0.15, 0.2) is 0 Å². The van der Waals surface area contributed by atoms with E-state index >= 15 is 0 Å². The van der Waals surface area contributed by atoms with Gasteiger partial charge in [-0.05, 0) is 36.1 Å². The van der Waals surface area contributed by atoms with E-state index in [4.69, 9.17) is 9.84 Å². The second-order valence-corrected chi connectivity index (χ2v) is 7.88. The van der Waals surface area contributed by atoms with E-state index in [0.717, 1.165) is 23.4 Å². The van der Waals surface area contributed by atoms with Crippen LogP contribution in [0.5, 0.6) is 5.75 Å². The number of methoxy groups -OCH3 is 1. The Morgan fingerprint density at radius 3 is 2.62 bits per heavy atom. The van der Waals surface area contributed by atoms with Gasteiger partial charge in [-0.3, -0.25) is 9.48 Å². The molecule has 0 saturated carbocycles. The molecule has 1 aromatic heterocycles. The first-order valence-electron chi connectivity index (χ1n) is 9.88. The van der Waals surface area contributed by atoms with Gasteiger partial charge in [0.25, 0.3) is 0 Å². The Balaban J connectivity index is 1.38. The van der Waals surface area contributed by atoms with Crippen molar-refractivity contribution in [1.29, 1.82) is 0 Å². The maximum absolute atomic E-state index is 12.6. The van der Waals surface area contributed by atoms with Crippen LogP contribution in [0.25, 0.3) is 11.3 Å². The SMILES string of the molecule is COc1ccc(C2CN(C(=O)C[C@@H]3CCN(C(=O)O)C3)C2)cc1-c1ccnn1C. The number of likely N-dealkylation sites (tertiary alicyclic amines) is 2. The molecular weight excluding hydrogens is 372 g/mol. The van der Waals surface area contributed by atoms with E-state index in [1.54, 1.807) is 13.3 Å². The first-order chi connectivity index (χ1) is 14.0. The number of hydrogen-bond acceptors (Lipinski definition) is 4. The van der Waals surface area contributed by atoms with Crippen LogP contribution in [0.1, 0.15) is 24.3 Å². The third-order valence-corrected chi connectivity index (χ3v) is 6.05. The number of aromatic nitrogens is 2. The van der Waals surface area contributed by atoms with Crippen LogP contribution in [0.4, 0.5) is 4.79 Å². The fourth-order valence-corrected chi connectivity index (χ4v) is 4.26. The molecule has 2 amide bonds. The summed E-state index contributed by atoms with van der Waals surface area (Å²) in [4.78, 5) is 26.9. The number of benzene rings is 1. The molecule has 8 nitrogen and oxygen atoms in total. The lowest BCUT2D eigenvalue weighted by Crippen LogP contribution is -2.49. The zero-order chi connectivity index (χ0) is 20.5. The van der Waals surface area contributed by atoms with Crippen LogP contribution in [-0.4, -0.2) is 70.0 Å². The molecule has 0 aliphatic carbocycles. The maximum atomic E-state index is 12.6. The van der Waals surface area contributed by atoms with Crippen LogP contribution in [0, 0.1) is 5.92 Å². The Kier molecular flexibility index (Phi) is 5.17.